The molecular weight excluding hydrogens is 378 g/mol. The van der Waals surface area contributed by atoms with E-state index in [1.54, 1.807) is 18.5 Å². The molecule has 0 atom stereocenters. The lowest BCUT2D eigenvalue weighted by Crippen LogP contribution is -2.24. The van der Waals surface area contributed by atoms with Crippen molar-refractivity contribution in [3.05, 3.63) is 84.2 Å². The fraction of sp³-hybridized carbons (Fsp3) is 0.190. The lowest BCUT2D eigenvalue weighted by Gasteiger charge is -2.07. The second-order valence-corrected chi connectivity index (χ2v) is 6.12. The molecule has 0 bridgehead atoms. The summed E-state index contributed by atoms with van der Waals surface area (Å²) in [5, 5.41) is 2.65. The second-order valence-electron chi connectivity index (χ2n) is 6.12. The number of rotatable bonds is 9. The van der Waals surface area contributed by atoms with Crippen molar-refractivity contribution in [1.82, 2.24) is 19.9 Å². The summed E-state index contributed by atoms with van der Waals surface area (Å²) in [5.74, 6) is 0.633. The Morgan fingerprint density at radius 1 is 1.21 bits per heavy atom. The molecule has 0 spiro atoms. The molecule has 2 aromatic heterocycles. The van der Waals surface area contributed by atoms with E-state index >= 15 is 0 Å². The molecule has 3 aromatic rings. The maximum Gasteiger partial charge on any atom is 0.319 e. The minimum Gasteiger partial charge on any atom is -0.489 e. The first-order valence-corrected chi connectivity index (χ1v) is 8.99. The van der Waals surface area contributed by atoms with E-state index in [4.69, 9.17) is 4.74 Å². The molecule has 2 heterocycles. The van der Waals surface area contributed by atoms with Crippen molar-refractivity contribution in [2.75, 3.05) is 6.54 Å². The predicted molar refractivity (Wildman–Crippen MR) is 104 cm³/mol. The van der Waals surface area contributed by atoms with Crippen LogP contribution in [-0.4, -0.2) is 27.0 Å². The van der Waals surface area contributed by atoms with Crippen molar-refractivity contribution in [3.63, 3.8) is 0 Å². The van der Waals surface area contributed by atoms with Gasteiger partial charge in [-0.3, -0.25) is 14.3 Å². The molecule has 0 aliphatic rings. The van der Waals surface area contributed by atoms with E-state index < -0.39 is 6.55 Å². The van der Waals surface area contributed by atoms with E-state index in [2.05, 4.69) is 15.3 Å². The summed E-state index contributed by atoms with van der Waals surface area (Å²) in [6, 6.07) is 11.1. The molecule has 0 fully saturated rings. The van der Waals surface area contributed by atoms with Crippen molar-refractivity contribution in [3.8, 4) is 5.75 Å². The van der Waals surface area contributed by atoms with Crippen LogP contribution < -0.4 is 10.1 Å². The van der Waals surface area contributed by atoms with Gasteiger partial charge in [0.15, 0.2) is 0 Å². The van der Waals surface area contributed by atoms with Crippen LogP contribution in [0.1, 0.15) is 23.5 Å². The van der Waals surface area contributed by atoms with Gasteiger partial charge in [-0.05, 0) is 29.8 Å². The predicted octanol–water partition coefficient (Wildman–Crippen LogP) is 3.62. The highest BCUT2D eigenvalue weighted by Crippen LogP contribution is 2.15. The number of imidazole rings is 1. The SMILES string of the molecule is O=C(/C=C/c1ccc(OCc2cccnc2)cc1)NCCc1nccn1C(F)F. The van der Waals surface area contributed by atoms with Crippen LogP contribution in [0.4, 0.5) is 8.78 Å². The Kier molecular flexibility index (Phi) is 7.05. The van der Waals surface area contributed by atoms with Gasteiger partial charge < -0.3 is 10.1 Å². The smallest absolute Gasteiger partial charge is 0.319 e. The highest BCUT2D eigenvalue weighted by molar-refractivity contribution is 5.91. The number of halogens is 2. The van der Waals surface area contributed by atoms with Crippen LogP contribution >= 0.6 is 0 Å². The highest BCUT2D eigenvalue weighted by atomic mass is 19.3. The summed E-state index contributed by atoms with van der Waals surface area (Å²) in [7, 11) is 0. The number of nitrogens with zero attached hydrogens (tertiary/aromatic N) is 3. The molecule has 1 amide bonds. The highest BCUT2D eigenvalue weighted by Gasteiger charge is 2.10. The van der Waals surface area contributed by atoms with Crippen molar-refractivity contribution in [1.29, 1.82) is 0 Å². The fourth-order valence-corrected chi connectivity index (χ4v) is 2.57. The number of hydrogen-bond acceptors (Lipinski definition) is 4. The molecule has 0 saturated carbocycles. The summed E-state index contributed by atoms with van der Waals surface area (Å²) >= 11 is 0. The number of aromatic nitrogens is 3. The molecule has 0 aliphatic carbocycles. The Hall–Kier alpha value is -3.55. The van der Waals surface area contributed by atoms with Crippen LogP contribution in [0, 0.1) is 0 Å². The number of nitrogens with one attached hydrogen (secondary N) is 1. The molecule has 0 aliphatic heterocycles. The van der Waals surface area contributed by atoms with Crippen LogP contribution in [0.2, 0.25) is 0 Å². The van der Waals surface area contributed by atoms with Gasteiger partial charge in [0.25, 0.3) is 0 Å². The number of carbonyl (C=O) groups excluding carboxylic acids is 1. The molecule has 0 radical (unpaired) electrons. The summed E-state index contributed by atoms with van der Waals surface area (Å²) in [6.07, 6.45) is 9.26. The minimum absolute atomic E-state index is 0.216. The van der Waals surface area contributed by atoms with Gasteiger partial charge in [-0.25, -0.2) is 4.98 Å². The van der Waals surface area contributed by atoms with E-state index in [1.165, 1.54) is 18.5 Å². The zero-order valence-electron chi connectivity index (χ0n) is 15.5. The van der Waals surface area contributed by atoms with Gasteiger partial charge in [-0.1, -0.05) is 18.2 Å². The van der Waals surface area contributed by atoms with E-state index in [1.807, 2.05) is 36.4 Å². The summed E-state index contributed by atoms with van der Waals surface area (Å²) < 4.78 is 31.9. The molecule has 3 rings (SSSR count). The Balaban J connectivity index is 1.43. The van der Waals surface area contributed by atoms with Gasteiger partial charge in [0, 0.05) is 49.4 Å². The maximum atomic E-state index is 12.7. The number of pyridine rings is 1. The standard InChI is InChI=1S/C21H20F2N4O2/c22-21(23)27-13-12-25-19(27)9-11-26-20(28)8-5-16-3-6-18(7-4-16)29-15-17-2-1-10-24-14-17/h1-8,10,12-14,21H,9,11,15H2,(H,26,28)/b8-5+. The Morgan fingerprint density at radius 2 is 2.03 bits per heavy atom. The van der Waals surface area contributed by atoms with Gasteiger partial charge in [-0.15, -0.1) is 0 Å². The number of alkyl halides is 2. The van der Waals surface area contributed by atoms with E-state index in [0.29, 0.717) is 12.4 Å². The minimum atomic E-state index is -2.64. The van der Waals surface area contributed by atoms with Crippen LogP contribution in [-0.2, 0) is 17.8 Å². The number of amides is 1. The quantitative estimate of drug-likeness (QED) is 0.559. The zero-order chi connectivity index (χ0) is 20.5. The molecule has 1 aromatic carbocycles. The average molecular weight is 398 g/mol. The van der Waals surface area contributed by atoms with Crippen LogP contribution in [0.25, 0.3) is 6.08 Å². The average Bonchev–Trinajstić information content (AvgIpc) is 3.21. The van der Waals surface area contributed by atoms with Gasteiger partial charge in [0.1, 0.15) is 18.2 Å². The molecule has 1 N–H and O–H groups in total. The molecule has 29 heavy (non-hydrogen) atoms. The van der Waals surface area contributed by atoms with Crippen molar-refractivity contribution in [2.24, 2.45) is 0 Å². The molecule has 0 unspecified atom stereocenters. The van der Waals surface area contributed by atoms with Crippen LogP contribution in [0.15, 0.2) is 67.3 Å². The first-order chi connectivity index (χ1) is 14.1. The third-order valence-corrected chi connectivity index (χ3v) is 4.04. The van der Waals surface area contributed by atoms with Gasteiger partial charge in [-0.2, -0.15) is 8.78 Å². The van der Waals surface area contributed by atoms with Crippen molar-refractivity contribution in [2.45, 2.75) is 19.6 Å². The van der Waals surface area contributed by atoms with E-state index in [-0.39, 0.29) is 24.7 Å². The summed E-state index contributed by atoms with van der Waals surface area (Å²) in [6.45, 7) is -2.00. The maximum absolute atomic E-state index is 12.7. The fourth-order valence-electron chi connectivity index (χ4n) is 2.57. The Morgan fingerprint density at radius 3 is 2.76 bits per heavy atom. The molecule has 150 valence electrons. The third kappa shape index (κ3) is 6.24. The first kappa shape index (κ1) is 20.2. The lowest BCUT2D eigenvalue weighted by atomic mass is 10.2. The van der Waals surface area contributed by atoms with Crippen molar-refractivity contribution >= 4 is 12.0 Å². The molecule has 8 heteroatoms. The summed E-state index contributed by atoms with van der Waals surface area (Å²) in [4.78, 5) is 19.8. The molecule has 6 nitrogen and oxygen atoms in total. The summed E-state index contributed by atoms with van der Waals surface area (Å²) in [5.41, 5.74) is 1.81. The molecular formula is C21H20F2N4O2. The third-order valence-electron chi connectivity index (χ3n) is 4.04. The second kappa shape index (κ2) is 10.1. The number of carbonyl (C=O) groups is 1. The molecule has 0 saturated heterocycles. The normalized spacial score (nSPS) is 11.1. The van der Waals surface area contributed by atoms with E-state index in [0.717, 1.165) is 15.7 Å². The van der Waals surface area contributed by atoms with Crippen LogP contribution in [0.3, 0.4) is 0 Å². The van der Waals surface area contributed by atoms with Gasteiger partial charge >= 0.3 is 6.55 Å². The Labute approximate surface area is 166 Å². The monoisotopic (exact) mass is 398 g/mol. The number of hydrogen-bond donors (Lipinski definition) is 1. The largest absolute Gasteiger partial charge is 0.489 e. The van der Waals surface area contributed by atoms with Crippen molar-refractivity contribution < 1.29 is 18.3 Å². The van der Waals surface area contributed by atoms with Gasteiger partial charge in [0.2, 0.25) is 5.91 Å². The topological polar surface area (TPSA) is 69.0 Å². The number of ether oxygens (including phenoxy) is 1. The Bertz CT molecular complexity index is 941. The van der Waals surface area contributed by atoms with Gasteiger partial charge in [0.05, 0.1) is 0 Å². The van der Waals surface area contributed by atoms with E-state index in [9.17, 15) is 13.6 Å². The number of benzene rings is 1. The zero-order valence-corrected chi connectivity index (χ0v) is 15.5. The first-order valence-electron chi connectivity index (χ1n) is 8.99. The lowest BCUT2D eigenvalue weighted by molar-refractivity contribution is -0.116. The van der Waals surface area contributed by atoms with Crippen LogP contribution in [0.5, 0.6) is 5.75 Å².